The smallest absolute Gasteiger partial charge is 0.0388 e. The molecule has 4 rings (SSSR count). The summed E-state index contributed by atoms with van der Waals surface area (Å²) >= 11 is 0. The maximum atomic E-state index is 6.44. The van der Waals surface area contributed by atoms with Gasteiger partial charge in [-0.3, -0.25) is 0 Å². The Kier molecular flexibility index (Phi) is 2.41. The van der Waals surface area contributed by atoms with E-state index in [-0.39, 0.29) is 0 Å². The molecule has 19 heavy (non-hydrogen) atoms. The van der Waals surface area contributed by atoms with Crippen molar-refractivity contribution in [2.75, 3.05) is 5.73 Å². The Labute approximate surface area is 114 Å². The first-order valence-corrected chi connectivity index (χ1v) is 7.31. The van der Waals surface area contributed by atoms with Gasteiger partial charge >= 0.3 is 0 Å². The number of hydrogen-bond acceptors (Lipinski definition) is 1. The van der Waals surface area contributed by atoms with E-state index in [1.165, 1.54) is 53.5 Å². The van der Waals surface area contributed by atoms with Crippen molar-refractivity contribution in [2.24, 2.45) is 5.92 Å². The van der Waals surface area contributed by atoms with Crippen molar-refractivity contribution in [2.45, 2.75) is 32.1 Å². The Hall–Kier alpha value is -1.76. The quantitative estimate of drug-likeness (QED) is 0.677. The van der Waals surface area contributed by atoms with Crippen molar-refractivity contribution < 1.29 is 0 Å². The SMILES string of the molecule is Nc1c(CC2CCC2)ccc2c1Cc1ccccc1-2. The van der Waals surface area contributed by atoms with E-state index in [4.69, 9.17) is 5.73 Å². The second kappa shape index (κ2) is 4.12. The minimum absolute atomic E-state index is 0.879. The maximum absolute atomic E-state index is 6.44. The zero-order valence-corrected chi connectivity index (χ0v) is 11.2. The summed E-state index contributed by atoms with van der Waals surface area (Å²) in [6.07, 6.45) is 6.36. The number of fused-ring (bicyclic) bond motifs is 3. The number of hydrogen-bond donors (Lipinski definition) is 1. The van der Waals surface area contributed by atoms with Crippen LogP contribution in [0.15, 0.2) is 36.4 Å². The predicted octanol–water partition coefficient (Wildman–Crippen LogP) is 4.18. The normalized spacial score (nSPS) is 16.8. The lowest BCUT2D eigenvalue weighted by Gasteiger charge is -2.26. The summed E-state index contributed by atoms with van der Waals surface area (Å²) in [6, 6.07) is 13.2. The van der Waals surface area contributed by atoms with Gasteiger partial charge in [0.25, 0.3) is 0 Å². The van der Waals surface area contributed by atoms with Crippen molar-refractivity contribution in [3.63, 3.8) is 0 Å². The molecule has 1 nitrogen and oxygen atoms in total. The third-order valence-corrected chi connectivity index (χ3v) is 4.86. The van der Waals surface area contributed by atoms with Gasteiger partial charge in [0, 0.05) is 12.1 Å². The average Bonchev–Trinajstić information content (AvgIpc) is 2.75. The number of nitrogen functional groups attached to an aromatic ring is 1. The lowest BCUT2D eigenvalue weighted by atomic mass is 9.80. The van der Waals surface area contributed by atoms with E-state index < -0.39 is 0 Å². The molecule has 0 saturated heterocycles. The van der Waals surface area contributed by atoms with Crippen LogP contribution in [0, 0.1) is 5.92 Å². The summed E-state index contributed by atoms with van der Waals surface area (Å²) in [5.74, 6) is 0.879. The van der Waals surface area contributed by atoms with Gasteiger partial charge in [0.1, 0.15) is 0 Å². The fourth-order valence-corrected chi connectivity index (χ4v) is 3.47. The van der Waals surface area contributed by atoms with Crippen LogP contribution in [0.3, 0.4) is 0 Å². The Balaban J connectivity index is 1.75. The standard InChI is InChI=1S/C18H19N/c19-18-14(10-12-4-3-5-12)8-9-16-15-7-2-1-6-13(15)11-17(16)18/h1-2,6-9,12H,3-5,10-11,19H2. The van der Waals surface area contributed by atoms with Gasteiger partial charge in [-0.2, -0.15) is 0 Å². The molecule has 0 aromatic heterocycles. The van der Waals surface area contributed by atoms with Crippen LogP contribution in [-0.4, -0.2) is 0 Å². The van der Waals surface area contributed by atoms with E-state index in [9.17, 15) is 0 Å². The summed E-state index contributed by atoms with van der Waals surface area (Å²) in [6.45, 7) is 0. The molecule has 1 saturated carbocycles. The summed E-state index contributed by atoms with van der Waals surface area (Å²) in [5.41, 5.74) is 14.4. The molecule has 0 heterocycles. The summed E-state index contributed by atoms with van der Waals surface area (Å²) < 4.78 is 0. The van der Waals surface area contributed by atoms with Crippen LogP contribution in [0.25, 0.3) is 11.1 Å². The molecule has 0 unspecified atom stereocenters. The number of benzene rings is 2. The molecule has 1 fully saturated rings. The fourth-order valence-electron chi connectivity index (χ4n) is 3.47. The van der Waals surface area contributed by atoms with Gasteiger partial charge in [-0.25, -0.2) is 0 Å². The average molecular weight is 249 g/mol. The molecule has 2 N–H and O–H groups in total. The van der Waals surface area contributed by atoms with Crippen LogP contribution < -0.4 is 5.73 Å². The highest BCUT2D eigenvalue weighted by Gasteiger charge is 2.24. The summed E-state index contributed by atoms with van der Waals surface area (Å²) in [5, 5.41) is 0. The number of anilines is 1. The van der Waals surface area contributed by atoms with Crippen LogP contribution in [0.5, 0.6) is 0 Å². The van der Waals surface area contributed by atoms with E-state index in [2.05, 4.69) is 36.4 Å². The van der Waals surface area contributed by atoms with Crippen LogP contribution in [0.1, 0.15) is 36.0 Å². The highest BCUT2D eigenvalue weighted by Crippen LogP contribution is 2.41. The molecule has 2 aliphatic rings. The highest BCUT2D eigenvalue weighted by molar-refractivity contribution is 5.82. The van der Waals surface area contributed by atoms with Gasteiger partial charge in [0.15, 0.2) is 0 Å². The van der Waals surface area contributed by atoms with Crippen molar-refractivity contribution in [1.29, 1.82) is 0 Å². The molecule has 0 aliphatic heterocycles. The van der Waals surface area contributed by atoms with E-state index >= 15 is 0 Å². The molecule has 2 aliphatic carbocycles. The second-order valence-electron chi connectivity index (χ2n) is 6.00. The molecular formula is C18H19N. The summed E-state index contributed by atoms with van der Waals surface area (Å²) in [7, 11) is 0. The lowest BCUT2D eigenvalue weighted by Crippen LogP contribution is -2.15. The van der Waals surface area contributed by atoms with Crippen LogP contribution >= 0.6 is 0 Å². The van der Waals surface area contributed by atoms with E-state index in [0.29, 0.717) is 0 Å². The van der Waals surface area contributed by atoms with Crippen molar-refractivity contribution >= 4 is 5.69 Å². The Morgan fingerprint density at radius 2 is 1.84 bits per heavy atom. The highest BCUT2D eigenvalue weighted by atomic mass is 14.6. The maximum Gasteiger partial charge on any atom is 0.0388 e. The Bertz CT molecular complexity index is 638. The first kappa shape index (κ1) is 11.1. The van der Waals surface area contributed by atoms with Crippen molar-refractivity contribution in [1.82, 2.24) is 0 Å². The van der Waals surface area contributed by atoms with E-state index in [0.717, 1.165) is 18.0 Å². The molecule has 0 spiro atoms. The zero-order valence-electron chi connectivity index (χ0n) is 11.2. The molecule has 96 valence electrons. The molecule has 2 aromatic rings. The summed E-state index contributed by atoms with van der Waals surface area (Å²) in [4.78, 5) is 0. The van der Waals surface area contributed by atoms with Gasteiger partial charge in [0.05, 0.1) is 0 Å². The topological polar surface area (TPSA) is 26.0 Å². The Morgan fingerprint density at radius 3 is 2.63 bits per heavy atom. The van der Waals surface area contributed by atoms with Gasteiger partial charge in [-0.15, -0.1) is 0 Å². The van der Waals surface area contributed by atoms with Crippen LogP contribution in [0.4, 0.5) is 5.69 Å². The van der Waals surface area contributed by atoms with Crippen molar-refractivity contribution in [3.8, 4) is 11.1 Å². The zero-order chi connectivity index (χ0) is 12.8. The molecule has 0 bridgehead atoms. The predicted molar refractivity (Wildman–Crippen MR) is 80.1 cm³/mol. The van der Waals surface area contributed by atoms with Gasteiger partial charge < -0.3 is 5.73 Å². The molecule has 0 atom stereocenters. The molecular weight excluding hydrogens is 230 g/mol. The van der Waals surface area contributed by atoms with Gasteiger partial charge in [0.2, 0.25) is 0 Å². The van der Waals surface area contributed by atoms with Gasteiger partial charge in [-0.05, 0) is 40.2 Å². The molecule has 0 radical (unpaired) electrons. The van der Waals surface area contributed by atoms with Crippen LogP contribution in [-0.2, 0) is 12.8 Å². The molecule has 0 amide bonds. The largest absolute Gasteiger partial charge is 0.398 e. The Morgan fingerprint density at radius 1 is 1.00 bits per heavy atom. The first-order chi connectivity index (χ1) is 9.33. The van der Waals surface area contributed by atoms with Crippen LogP contribution in [0.2, 0.25) is 0 Å². The number of rotatable bonds is 2. The minimum Gasteiger partial charge on any atom is -0.398 e. The fraction of sp³-hybridized carbons (Fsp3) is 0.333. The third-order valence-electron chi connectivity index (χ3n) is 4.86. The number of nitrogens with two attached hydrogens (primary N) is 1. The monoisotopic (exact) mass is 249 g/mol. The van der Waals surface area contributed by atoms with Crippen molar-refractivity contribution in [3.05, 3.63) is 53.1 Å². The van der Waals surface area contributed by atoms with Gasteiger partial charge in [-0.1, -0.05) is 55.7 Å². The third kappa shape index (κ3) is 1.68. The second-order valence-corrected chi connectivity index (χ2v) is 6.00. The molecule has 1 heteroatoms. The first-order valence-electron chi connectivity index (χ1n) is 7.31. The minimum atomic E-state index is 0.879. The lowest BCUT2D eigenvalue weighted by molar-refractivity contribution is 0.315. The van der Waals surface area contributed by atoms with E-state index in [1.54, 1.807) is 0 Å². The molecule has 2 aromatic carbocycles. The van der Waals surface area contributed by atoms with E-state index in [1.807, 2.05) is 0 Å².